The summed E-state index contributed by atoms with van der Waals surface area (Å²) in [6, 6.07) is 3.38. The van der Waals surface area contributed by atoms with Crippen LogP contribution in [0.15, 0.2) is 23.1 Å². The molecule has 4 rings (SSSR count). The van der Waals surface area contributed by atoms with Crippen LogP contribution >= 0.6 is 0 Å². The lowest BCUT2D eigenvalue weighted by Gasteiger charge is -2.39. The Morgan fingerprint density at radius 3 is 3.00 bits per heavy atom. The predicted octanol–water partition coefficient (Wildman–Crippen LogP) is 1.22. The number of hydrogen-bond donors (Lipinski definition) is 0. The van der Waals surface area contributed by atoms with Gasteiger partial charge in [0.2, 0.25) is 0 Å². The standard InChI is InChI=1S/C17H23N5O/c1-13-5-6-17(23)22(19-13)11-14-9-20(10-14)12-15-8-18-16-4-2-3-7-21(15)16/h5-6,8,14H,2-4,7,9-12H2,1H3. The largest absolute Gasteiger partial charge is 0.331 e. The molecule has 0 aliphatic carbocycles. The number of imidazole rings is 1. The normalized spacial score (nSPS) is 18.7. The molecule has 1 saturated heterocycles. The van der Waals surface area contributed by atoms with Gasteiger partial charge in [0.05, 0.1) is 17.9 Å². The van der Waals surface area contributed by atoms with Gasteiger partial charge in [-0.15, -0.1) is 0 Å². The van der Waals surface area contributed by atoms with Gasteiger partial charge in [0, 0.05) is 50.8 Å². The van der Waals surface area contributed by atoms with E-state index >= 15 is 0 Å². The fourth-order valence-electron chi connectivity index (χ4n) is 3.68. The predicted molar refractivity (Wildman–Crippen MR) is 87.2 cm³/mol. The highest BCUT2D eigenvalue weighted by molar-refractivity contribution is 5.08. The second-order valence-electron chi connectivity index (χ2n) is 6.83. The summed E-state index contributed by atoms with van der Waals surface area (Å²) < 4.78 is 4.00. The van der Waals surface area contributed by atoms with Gasteiger partial charge in [0.25, 0.3) is 5.56 Å². The molecule has 0 bridgehead atoms. The van der Waals surface area contributed by atoms with Crippen molar-refractivity contribution >= 4 is 0 Å². The summed E-state index contributed by atoms with van der Waals surface area (Å²) in [5, 5.41) is 4.32. The van der Waals surface area contributed by atoms with Crippen molar-refractivity contribution in [2.75, 3.05) is 13.1 Å². The number of aromatic nitrogens is 4. The summed E-state index contributed by atoms with van der Waals surface area (Å²) in [5.74, 6) is 1.77. The zero-order chi connectivity index (χ0) is 15.8. The van der Waals surface area contributed by atoms with Gasteiger partial charge in [0.1, 0.15) is 5.82 Å². The molecular weight excluding hydrogens is 290 g/mol. The molecule has 0 amide bonds. The second-order valence-corrected chi connectivity index (χ2v) is 6.83. The van der Waals surface area contributed by atoms with Crippen LogP contribution in [0.25, 0.3) is 0 Å². The van der Waals surface area contributed by atoms with Gasteiger partial charge in [-0.05, 0) is 25.8 Å². The Morgan fingerprint density at radius 1 is 1.26 bits per heavy atom. The molecule has 1 fully saturated rings. The van der Waals surface area contributed by atoms with Crippen LogP contribution in [0, 0.1) is 12.8 Å². The van der Waals surface area contributed by atoms with Gasteiger partial charge in [-0.3, -0.25) is 9.69 Å². The van der Waals surface area contributed by atoms with Crippen molar-refractivity contribution in [2.24, 2.45) is 5.92 Å². The summed E-state index contributed by atoms with van der Waals surface area (Å²) >= 11 is 0. The first-order valence-corrected chi connectivity index (χ1v) is 8.49. The van der Waals surface area contributed by atoms with Crippen LogP contribution in [0.1, 0.15) is 30.1 Å². The van der Waals surface area contributed by atoms with Crippen LogP contribution in [0.3, 0.4) is 0 Å². The van der Waals surface area contributed by atoms with E-state index in [9.17, 15) is 4.79 Å². The molecule has 0 radical (unpaired) electrons. The molecule has 0 N–H and O–H groups in total. The summed E-state index contributed by atoms with van der Waals surface area (Å²) in [7, 11) is 0. The van der Waals surface area contributed by atoms with Gasteiger partial charge in [-0.1, -0.05) is 0 Å². The second kappa shape index (κ2) is 5.92. The van der Waals surface area contributed by atoms with E-state index in [-0.39, 0.29) is 5.56 Å². The Balaban J connectivity index is 1.34. The van der Waals surface area contributed by atoms with Gasteiger partial charge >= 0.3 is 0 Å². The fourth-order valence-corrected chi connectivity index (χ4v) is 3.68. The Kier molecular flexibility index (Phi) is 3.77. The Hall–Kier alpha value is -1.95. The van der Waals surface area contributed by atoms with Crippen molar-refractivity contribution in [2.45, 2.75) is 45.8 Å². The summed E-state index contributed by atoms with van der Waals surface area (Å²) in [6.07, 6.45) is 5.69. The summed E-state index contributed by atoms with van der Waals surface area (Å²) in [5.41, 5.74) is 2.23. The third kappa shape index (κ3) is 2.95. The first-order valence-electron chi connectivity index (χ1n) is 8.49. The topological polar surface area (TPSA) is 56.0 Å². The third-order valence-electron chi connectivity index (χ3n) is 4.90. The molecule has 0 atom stereocenters. The number of likely N-dealkylation sites (tertiary alicyclic amines) is 1. The maximum absolute atomic E-state index is 11.8. The van der Waals surface area contributed by atoms with Crippen LogP contribution in [-0.2, 0) is 26.1 Å². The highest BCUT2D eigenvalue weighted by Gasteiger charge is 2.28. The van der Waals surface area contributed by atoms with Crippen molar-refractivity contribution in [3.05, 3.63) is 45.9 Å². The first-order chi connectivity index (χ1) is 11.2. The molecular formula is C17H23N5O. The highest BCUT2D eigenvalue weighted by Crippen LogP contribution is 2.22. The Morgan fingerprint density at radius 2 is 2.13 bits per heavy atom. The SMILES string of the molecule is Cc1ccc(=O)n(CC2CN(Cc3cnc4n3CCCC4)C2)n1. The lowest BCUT2D eigenvalue weighted by atomic mass is 10.00. The molecule has 0 aromatic carbocycles. The molecule has 6 nitrogen and oxygen atoms in total. The molecule has 2 aromatic rings. The number of nitrogens with zero attached hydrogens (tertiary/aromatic N) is 5. The smallest absolute Gasteiger partial charge is 0.266 e. The first kappa shape index (κ1) is 14.6. The maximum Gasteiger partial charge on any atom is 0.266 e. The molecule has 2 aliphatic rings. The Labute approximate surface area is 135 Å². The number of fused-ring (bicyclic) bond motifs is 1. The minimum Gasteiger partial charge on any atom is -0.331 e. The van der Waals surface area contributed by atoms with E-state index in [2.05, 4.69) is 19.5 Å². The highest BCUT2D eigenvalue weighted by atomic mass is 16.1. The van der Waals surface area contributed by atoms with Gasteiger partial charge in [0.15, 0.2) is 0 Å². The van der Waals surface area contributed by atoms with E-state index in [1.807, 2.05) is 13.1 Å². The third-order valence-corrected chi connectivity index (χ3v) is 4.90. The Bertz CT molecular complexity index is 757. The van der Waals surface area contributed by atoms with Crippen molar-refractivity contribution < 1.29 is 0 Å². The summed E-state index contributed by atoms with van der Waals surface area (Å²) in [6.45, 7) is 6.79. The van der Waals surface area contributed by atoms with Crippen molar-refractivity contribution in [3.63, 3.8) is 0 Å². The molecule has 2 aromatic heterocycles. The maximum atomic E-state index is 11.8. The lowest BCUT2D eigenvalue weighted by Crippen LogP contribution is -2.49. The zero-order valence-electron chi connectivity index (χ0n) is 13.6. The quantitative estimate of drug-likeness (QED) is 0.851. The molecule has 6 heteroatoms. The van der Waals surface area contributed by atoms with Crippen LogP contribution in [0.4, 0.5) is 0 Å². The van der Waals surface area contributed by atoms with E-state index in [4.69, 9.17) is 0 Å². The van der Waals surface area contributed by atoms with Gasteiger partial charge in [-0.25, -0.2) is 9.67 Å². The molecule has 122 valence electrons. The summed E-state index contributed by atoms with van der Waals surface area (Å²) in [4.78, 5) is 18.8. The van der Waals surface area contributed by atoms with E-state index in [0.717, 1.165) is 44.8 Å². The van der Waals surface area contributed by atoms with Crippen LogP contribution in [0.5, 0.6) is 0 Å². The van der Waals surface area contributed by atoms with Gasteiger partial charge < -0.3 is 4.57 Å². The van der Waals surface area contributed by atoms with Crippen LogP contribution < -0.4 is 5.56 Å². The van der Waals surface area contributed by atoms with Gasteiger partial charge in [-0.2, -0.15) is 5.10 Å². The molecule has 2 aliphatic heterocycles. The molecule has 0 saturated carbocycles. The fraction of sp³-hybridized carbons (Fsp3) is 0.588. The molecule has 4 heterocycles. The average Bonchev–Trinajstić information content (AvgIpc) is 2.92. The van der Waals surface area contributed by atoms with Crippen LogP contribution in [-0.4, -0.2) is 37.3 Å². The zero-order valence-corrected chi connectivity index (χ0v) is 13.6. The van der Waals surface area contributed by atoms with Crippen molar-refractivity contribution in [3.8, 4) is 0 Å². The van der Waals surface area contributed by atoms with E-state index in [1.54, 1.807) is 16.8 Å². The number of rotatable bonds is 4. The lowest BCUT2D eigenvalue weighted by molar-refractivity contribution is 0.0739. The molecule has 0 spiro atoms. The van der Waals surface area contributed by atoms with E-state index in [0.29, 0.717) is 5.92 Å². The average molecular weight is 313 g/mol. The molecule has 23 heavy (non-hydrogen) atoms. The minimum absolute atomic E-state index is 0.00101. The minimum atomic E-state index is -0.00101. The number of aryl methyl sites for hydroxylation is 2. The monoisotopic (exact) mass is 313 g/mol. The van der Waals surface area contributed by atoms with Crippen LogP contribution in [0.2, 0.25) is 0 Å². The van der Waals surface area contributed by atoms with E-state index < -0.39 is 0 Å². The van der Waals surface area contributed by atoms with Crippen molar-refractivity contribution in [1.29, 1.82) is 0 Å². The molecule has 0 unspecified atom stereocenters. The number of hydrogen-bond acceptors (Lipinski definition) is 4. The van der Waals surface area contributed by atoms with Crippen molar-refractivity contribution in [1.82, 2.24) is 24.2 Å². The van der Waals surface area contributed by atoms with E-state index in [1.165, 1.54) is 24.4 Å².